The second-order valence-corrected chi connectivity index (χ2v) is 7.54. The molecular weight excluding hydrogens is 406 g/mol. The molecule has 3 aromatic rings. The van der Waals surface area contributed by atoms with Crippen molar-refractivity contribution in [1.29, 1.82) is 0 Å². The van der Waals surface area contributed by atoms with E-state index < -0.39 is 5.97 Å². The Hall–Kier alpha value is -2.38. The van der Waals surface area contributed by atoms with Gasteiger partial charge in [-0.1, -0.05) is 12.1 Å². The lowest BCUT2D eigenvalue weighted by molar-refractivity contribution is 0.0476. The highest BCUT2D eigenvalue weighted by atomic mass is 79.9. The monoisotopic (exact) mass is 419 g/mol. The van der Waals surface area contributed by atoms with E-state index in [0.717, 1.165) is 9.55 Å². The fourth-order valence-corrected chi connectivity index (χ4v) is 3.47. The molecule has 0 aliphatic heterocycles. The van der Waals surface area contributed by atoms with Gasteiger partial charge in [-0.2, -0.15) is 0 Å². The van der Waals surface area contributed by atoms with Gasteiger partial charge in [-0.25, -0.2) is 4.79 Å². The zero-order chi connectivity index (χ0) is 17.6. The molecule has 128 valence electrons. The topological polar surface area (TPSA) is 68.5 Å². The number of para-hydroxylation sites is 1. The molecule has 2 heterocycles. The van der Waals surface area contributed by atoms with E-state index in [1.165, 1.54) is 11.3 Å². The smallest absolute Gasteiger partial charge is 0.340 e. The van der Waals surface area contributed by atoms with Crippen LogP contribution < -0.4 is 5.32 Å². The molecule has 7 heteroatoms. The van der Waals surface area contributed by atoms with Gasteiger partial charge in [0.15, 0.2) is 6.61 Å². The lowest BCUT2D eigenvalue weighted by Gasteiger charge is -2.10. The minimum absolute atomic E-state index is 0.231. The normalized spacial score (nSPS) is 10.4. The molecule has 0 unspecified atom stereocenters. The summed E-state index contributed by atoms with van der Waals surface area (Å²) in [5, 5.41) is 3.14. The summed E-state index contributed by atoms with van der Waals surface area (Å²) in [7, 11) is 0. The van der Waals surface area contributed by atoms with E-state index in [1.807, 2.05) is 12.1 Å². The van der Waals surface area contributed by atoms with Crippen LogP contribution in [-0.2, 0) is 11.3 Å². The molecule has 0 aliphatic carbocycles. The molecule has 0 fully saturated rings. The van der Waals surface area contributed by atoms with Crippen molar-refractivity contribution in [1.82, 2.24) is 0 Å². The van der Waals surface area contributed by atoms with E-state index in [0.29, 0.717) is 22.7 Å². The number of ketones is 1. The first kappa shape index (κ1) is 17.4. The van der Waals surface area contributed by atoms with Gasteiger partial charge in [-0.15, -0.1) is 11.3 Å². The van der Waals surface area contributed by atoms with Crippen LogP contribution >= 0.6 is 27.3 Å². The van der Waals surface area contributed by atoms with Gasteiger partial charge in [0, 0.05) is 5.69 Å². The zero-order valence-corrected chi connectivity index (χ0v) is 15.4. The Labute approximate surface area is 156 Å². The summed E-state index contributed by atoms with van der Waals surface area (Å²) < 4.78 is 11.3. The van der Waals surface area contributed by atoms with Crippen molar-refractivity contribution in [2.45, 2.75) is 6.54 Å². The molecule has 2 aromatic heterocycles. The van der Waals surface area contributed by atoms with Crippen LogP contribution in [0.2, 0.25) is 0 Å². The van der Waals surface area contributed by atoms with E-state index in [9.17, 15) is 9.59 Å². The molecule has 25 heavy (non-hydrogen) atoms. The molecule has 0 radical (unpaired) electrons. The van der Waals surface area contributed by atoms with Gasteiger partial charge in [0.1, 0.15) is 5.76 Å². The number of benzene rings is 1. The molecule has 0 saturated carbocycles. The summed E-state index contributed by atoms with van der Waals surface area (Å²) in [5.74, 6) is -0.0294. The number of nitrogens with one attached hydrogen (secondary N) is 1. The summed E-state index contributed by atoms with van der Waals surface area (Å²) in [6, 6.07) is 14.1. The molecule has 0 atom stereocenters. The molecule has 0 aliphatic rings. The Morgan fingerprint density at radius 1 is 1.12 bits per heavy atom. The quantitative estimate of drug-likeness (QED) is 0.441. The predicted molar refractivity (Wildman–Crippen MR) is 99.1 cm³/mol. The highest BCUT2D eigenvalue weighted by Crippen LogP contribution is 2.23. The summed E-state index contributed by atoms with van der Waals surface area (Å²) in [6.45, 7) is 0.151. The van der Waals surface area contributed by atoms with Crippen molar-refractivity contribution < 1.29 is 18.7 Å². The summed E-state index contributed by atoms with van der Waals surface area (Å²) in [5.41, 5.74) is 0.990. The number of Topliss-reactive ketones (excluding diaryl/α,β-unsaturated/α-hetero) is 1. The molecule has 0 saturated heterocycles. The van der Waals surface area contributed by atoms with Crippen LogP contribution in [0.1, 0.15) is 25.8 Å². The van der Waals surface area contributed by atoms with Crippen LogP contribution in [0.25, 0.3) is 0 Å². The second-order valence-electron chi connectivity index (χ2n) is 5.08. The maximum absolute atomic E-state index is 12.3. The van der Waals surface area contributed by atoms with E-state index in [4.69, 9.17) is 9.15 Å². The predicted octanol–water partition coefficient (Wildman–Crippen LogP) is 4.76. The minimum atomic E-state index is -0.550. The minimum Gasteiger partial charge on any atom is -0.467 e. The van der Waals surface area contributed by atoms with Crippen molar-refractivity contribution in [3.05, 3.63) is 74.8 Å². The molecule has 0 amide bonds. The summed E-state index contributed by atoms with van der Waals surface area (Å²) in [4.78, 5) is 24.9. The molecule has 3 rings (SSSR count). The molecule has 1 N–H and O–H groups in total. The number of anilines is 1. The Balaban J connectivity index is 1.62. The largest absolute Gasteiger partial charge is 0.467 e. The third-order valence-corrected chi connectivity index (χ3v) is 5.03. The number of carbonyl (C=O) groups excluding carboxylic acids is 2. The van der Waals surface area contributed by atoms with Crippen LogP contribution in [0.3, 0.4) is 0 Å². The Morgan fingerprint density at radius 3 is 2.68 bits per heavy atom. The van der Waals surface area contributed by atoms with Gasteiger partial charge in [-0.3, -0.25) is 4.79 Å². The maximum Gasteiger partial charge on any atom is 0.340 e. The van der Waals surface area contributed by atoms with E-state index in [2.05, 4.69) is 21.2 Å². The van der Waals surface area contributed by atoms with Crippen molar-refractivity contribution >= 4 is 44.7 Å². The highest BCUT2D eigenvalue weighted by molar-refractivity contribution is 9.11. The first-order chi connectivity index (χ1) is 12.1. The molecule has 5 nitrogen and oxygen atoms in total. The summed E-state index contributed by atoms with van der Waals surface area (Å²) >= 11 is 4.61. The number of esters is 1. The van der Waals surface area contributed by atoms with E-state index in [-0.39, 0.29) is 12.4 Å². The third-order valence-electron chi connectivity index (χ3n) is 3.36. The van der Waals surface area contributed by atoms with Gasteiger partial charge < -0.3 is 14.5 Å². The van der Waals surface area contributed by atoms with Gasteiger partial charge in [0.05, 0.1) is 27.0 Å². The average molecular weight is 420 g/mol. The number of hydrogen-bond acceptors (Lipinski definition) is 6. The fourth-order valence-electron chi connectivity index (χ4n) is 2.15. The molecular formula is C18H14BrNO4S. The summed E-state index contributed by atoms with van der Waals surface area (Å²) in [6.07, 6.45) is 1.59. The van der Waals surface area contributed by atoms with Gasteiger partial charge in [0.25, 0.3) is 0 Å². The Morgan fingerprint density at radius 2 is 1.96 bits per heavy atom. The van der Waals surface area contributed by atoms with Crippen LogP contribution in [0.4, 0.5) is 5.69 Å². The lowest BCUT2D eigenvalue weighted by atomic mass is 10.1. The number of hydrogen-bond donors (Lipinski definition) is 1. The highest BCUT2D eigenvalue weighted by Gasteiger charge is 2.16. The van der Waals surface area contributed by atoms with E-state index in [1.54, 1.807) is 42.7 Å². The van der Waals surface area contributed by atoms with Gasteiger partial charge in [-0.05, 0) is 52.3 Å². The first-order valence-corrected chi connectivity index (χ1v) is 9.05. The number of ether oxygens (including phenoxy) is 1. The van der Waals surface area contributed by atoms with Crippen LogP contribution in [0.15, 0.2) is 63.0 Å². The maximum atomic E-state index is 12.3. The van der Waals surface area contributed by atoms with Crippen LogP contribution in [0, 0.1) is 0 Å². The molecule has 0 bridgehead atoms. The average Bonchev–Trinajstić information content (AvgIpc) is 3.29. The first-order valence-electron chi connectivity index (χ1n) is 7.44. The molecule has 0 spiro atoms. The SMILES string of the molecule is O=C(COC(=O)c1ccccc1NCc1ccco1)c1ccc(Br)s1. The Kier molecular flexibility index (Phi) is 5.67. The van der Waals surface area contributed by atoms with Crippen molar-refractivity contribution in [3.63, 3.8) is 0 Å². The Bertz CT molecular complexity index is 873. The standard InChI is InChI=1S/C18H14BrNO4S/c19-17-8-7-16(25-17)15(21)11-24-18(22)13-5-1-2-6-14(13)20-10-12-4-3-9-23-12/h1-9,20H,10-11H2. The fraction of sp³-hybridized carbons (Fsp3) is 0.111. The number of halogens is 1. The van der Waals surface area contributed by atoms with Gasteiger partial charge >= 0.3 is 5.97 Å². The van der Waals surface area contributed by atoms with Crippen molar-refractivity contribution in [3.8, 4) is 0 Å². The van der Waals surface area contributed by atoms with Gasteiger partial charge in [0.2, 0.25) is 5.78 Å². The second kappa shape index (κ2) is 8.13. The lowest BCUT2D eigenvalue weighted by Crippen LogP contribution is -2.15. The number of thiophene rings is 1. The molecule has 1 aromatic carbocycles. The van der Waals surface area contributed by atoms with Crippen LogP contribution in [-0.4, -0.2) is 18.4 Å². The number of carbonyl (C=O) groups is 2. The van der Waals surface area contributed by atoms with E-state index >= 15 is 0 Å². The number of rotatable bonds is 7. The van der Waals surface area contributed by atoms with Crippen LogP contribution in [0.5, 0.6) is 0 Å². The van der Waals surface area contributed by atoms with Crippen molar-refractivity contribution in [2.75, 3.05) is 11.9 Å². The number of furan rings is 1. The van der Waals surface area contributed by atoms with Crippen molar-refractivity contribution in [2.24, 2.45) is 0 Å². The third kappa shape index (κ3) is 4.58. The zero-order valence-electron chi connectivity index (χ0n) is 13.0.